The maximum atomic E-state index is 13.9. The molecule has 3 atom stereocenters. The zero-order valence-electron chi connectivity index (χ0n) is 20.4. The number of anilines is 1. The Morgan fingerprint density at radius 3 is 2.33 bits per heavy atom. The van der Waals surface area contributed by atoms with Crippen molar-refractivity contribution in [1.82, 2.24) is 4.98 Å². The molecule has 3 heterocycles. The van der Waals surface area contributed by atoms with Crippen molar-refractivity contribution in [3.8, 4) is 0 Å². The molecular weight excluding hydrogens is 513 g/mol. The van der Waals surface area contributed by atoms with Crippen LogP contribution in [-0.4, -0.2) is 34.6 Å². The largest absolute Gasteiger partial charge is 0.462 e. The van der Waals surface area contributed by atoms with Gasteiger partial charge in [-0.15, -0.1) is 11.3 Å². The Labute approximate surface area is 223 Å². The standard InChI is InChI=1S/C27H26N2O4S3/c1-5-33-25(32)15-8-12-17(13-9-15)29-23(30)19-18(14-6-10-16(11-7-14)27(2,3)4)20-22(28-26(34)36-20)35-21(19)24(29)31/h6-13,18-19,21H,5H2,1-4H3,(H,28,34). The van der Waals surface area contributed by atoms with Crippen LogP contribution in [0.4, 0.5) is 5.69 Å². The molecular formula is C27H26N2O4S3. The van der Waals surface area contributed by atoms with Gasteiger partial charge in [-0.25, -0.2) is 9.69 Å². The van der Waals surface area contributed by atoms with Gasteiger partial charge >= 0.3 is 5.97 Å². The van der Waals surface area contributed by atoms with E-state index in [1.54, 1.807) is 31.2 Å². The number of hydrogen-bond acceptors (Lipinski definition) is 7. The molecule has 3 aromatic rings. The maximum absolute atomic E-state index is 13.9. The molecule has 2 amide bonds. The summed E-state index contributed by atoms with van der Waals surface area (Å²) in [5.41, 5.74) is 3.02. The minimum atomic E-state index is -0.567. The lowest BCUT2D eigenvalue weighted by atomic mass is 9.81. The van der Waals surface area contributed by atoms with E-state index in [1.165, 1.54) is 33.6 Å². The van der Waals surface area contributed by atoms with Gasteiger partial charge < -0.3 is 9.72 Å². The van der Waals surface area contributed by atoms with Crippen LogP contribution in [0.25, 0.3) is 0 Å². The van der Waals surface area contributed by atoms with Gasteiger partial charge in [-0.1, -0.05) is 56.8 Å². The van der Waals surface area contributed by atoms with E-state index in [-0.39, 0.29) is 29.8 Å². The van der Waals surface area contributed by atoms with E-state index in [1.807, 2.05) is 0 Å². The van der Waals surface area contributed by atoms with Crippen molar-refractivity contribution in [2.24, 2.45) is 5.92 Å². The molecule has 9 heteroatoms. The number of aromatic nitrogens is 1. The van der Waals surface area contributed by atoms with Crippen LogP contribution < -0.4 is 4.90 Å². The molecule has 0 bridgehead atoms. The van der Waals surface area contributed by atoms with Crippen LogP contribution in [0, 0.1) is 9.87 Å². The van der Waals surface area contributed by atoms with Crippen LogP contribution in [0.2, 0.25) is 0 Å². The number of carbonyl (C=O) groups is 3. The Bertz CT molecular complexity index is 1400. The molecule has 2 aromatic carbocycles. The van der Waals surface area contributed by atoms with Gasteiger partial charge in [0.05, 0.1) is 28.8 Å². The highest BCUT2D eigenvalue weighted by Gasteiger charge is 2.56. The average molecular weight is 539 g/mol. The lowest BCUT2D eigenvalue weighted by Gasteiger charge is -2.30. The molecule has 186 valence electrons. The minimum Gasteiger partial charge on any atom is -0.462 e. The number of imide groups is 1. The number of rotatable bonds is 4. The van der Waals surface area contributed by atoms with Crippen molar-refractivity contribution in [2.75, 3.05) is 11.5 Å². The number of thioether (sulfide) groups is 1. The summed E-state index contributed by atoms with van der Waals surface area (Å²) in [4.78, 5) is 45.0. The van der Waals surface area contributed by atoms with E-state index in [2.05, 4.69) is 50.0 Å². The second kappa shape index (κ2) is 9.28. The Hall–Kier alpha value is -2.75. The second-order valence-electron chi connectivity index (χ2n) is 9.90. The van der Waals surface area contributed by atoms with Crippen LogP contribution in [0.15, 0.2) is 53.6 Å². The number of nitrogens with one attached hydrogen (secondary N) is 1. The fraction of sp³-hybridized carbons (Fsp3) is 0.333. The third kappa shape index (κ3) is 4.23. The van der Waals surface area contributed by atoms with Crippen molar-refractivity contribution >= 4 is 58.8 Å². The van der Waals surface area contributed by atoms with Crippen LogP contribution in [0.3, 0.4) is 0 Å². The molecule has 2 aliphatic rings. The molecule has 0 saturated carbocycles. The number of thiazole rings is 1. The first-order valence-corrected chi connectivity index (χ1v) is 13.9. The van der Waals surface area contributed by atoms with Gasteiger partial charge in [-0.2, -0.15) is 0 Å². The molecule has 6 nitrogen and oxygen atoms in total. The van der Waals surface area contributed by atoms with Crippen molar-refractivity contribution in [2.45, 2.75) is 49.3 Å². The first-order chi connectivity index (χ1) is 17.1. The summed E-state index contributed by atoms with van der Waals surface area (Å²) >= 11 is 8.28. The summed E-state index contributed by atoms with van der Waals surface area (Å²) in [6.45, 7) is 8.50. The maximum Gasteiger partial charge on any atom is 0.338 e. The number of carbonyl (C=O) groups excluding carboxylic acids is 3. The molecule has 36 heavy (non-hydrogen) atoms. The predicted octanol–water partition coefficient (Wildman–Crippen LogP) is 6.08. The molecule has 5 rings (SSSR count). The predicted molar refractivity (Wildman–Crippen MR) is 145 cm³/mol. The summed E-state index contributed by atoms with van der Waals surface area (Å²) in [5, 5.41) is 0.291. The van der Waals surface area contributed by atoms with Gasteiger partial charge in [0.25, 0.3) is 0 Å². The van der Waals surface area contributed by atoms with E-state index in [0.29, 0.717) is 15.2 Å². The van der Waals surface area contributed by atoms with Crippen molar-refractivity contribution in [1.29, 1.82) is 0 Å². The first kappa shape index (κ1) is 24.9. The van der Waals surface area contributed by atoms with Crippen molar-refractivity contribution in [3.05, 3.63) is 74.1 Å². The van der Waals surface area contributed by atoms with Crippen LogP contribution >= 0.6 is 35.3 Å². The Balaban J connectivity index is 1.54. The lowest BCUT2D eigenvalue weighted by Crippen LogP contribution is -2.32. The summed E-state index contributed by atoms with van der Waals surface area (Å²) in [7, 11) is 0. The number of H-pyrrole nitrogens is 1. The van der Waals surface area contributed by atoms with Crippen LogP contribution in [0.5, 0.6) is 0 Å². The second-order valence-corrected chi connectivity index (χ2v) is 12.8. The number of esters is 1. The number of amides is 2. The third-order valence-corrected chi connectivity index (χ3v) is 9.35. The van der Waals surface area contributed by atoms with Crippen LogP contribution in [0.1, 0.15) is 60.0 Å². The molecule has 1 N–H and O–H groups in total. The van der Waals surface area contributed by atoms with Crippen LogP contribution in [-0.2, 0) is 19.7 Å². The van der Waals surface area contributed by atoms with Gasteiger partial charge in [0.15, 0.2) is 3.95 Å². The Morgan fingerprint density at radius 1 is 1.06 bits per heavy atom. The number of fused-ring (bicyclic) bond motifs is 2. The topological polar surface area (TPSA) is 79.5 Å². The molecule has 1 saturated heterocycles. The van der Waals surface area contributed by atoms with E-state index >= 15 is 0 Å². The van der Waals surface area contributed by atoms with Gasteiger partial charge in [0.1, 0.15) is 5.25 Å². The number of nitrogens with zero attached hydrogens (tertiary/aromatic N) is 1. The molecule has 3 unspecified atom stereocenters. The smallest absolute Gasteiger partial charge is 0.338 e. The molecule has 0 spiro atoms. The van der Waals surface area contributed by atoms with Gasteiger partial charge in [0.2, 0.25) is 11.8 Å². The van der Waals surface area contributed by atoms with Gasteiger partial charge in [-0.3, -0.25) is 9.59 Å². The molecule has 1 aromatic heterocycles. The van der Waals surface area contributed by atoms with E-state index in [4.69, 9.17) is 17.0 Å². The summed E-state index contributed by atoms with van der Waals surface area (Å²) in [5.74, 6) is -1.77. The highest BCUT2D eigenvalue weighted by Crippen LogP contribution is 2.54. The quantitative estimate of drug-likeness (QED) is 0.247. The average Bonchev–Trinajstić information content (AvgIpc) is 3.33. The molecule has 0 radical (unpaired) electrons. The number of hydrogen-bond donors (Lipinski definition) is 1. The van der Waals surface area contributed by atoms with E-state index in [0.717, 1.165) is 15.5 Å². The normalized spacial score (nSPS) is 21.3. The fourth-order valence-electron chi connectivity index (χ4n) is 4.78. The SMILES string of the molecule is CCOC(=O)c1ccc(N2C(=O)C3Sc4[nH]c(=S)sc4C(c4ccc(C(C)(C)C)cc4)C3C2=O)cc1. The molecule has 0 aliphatic carbocycles. The van der Waals surface area contributed by atoms with Crippen molar-refractivity contribution < 1.29 is 19.1 Å². The summed E-state index contributed by atoms with van der Waals surface area (Å²) in [6, 6.07) is 14.8. The Morgan fingerprint density at radius 2 is 1.72 bits per heavy atom. The third-order valence-electron chi connectivity index (χ3n) is 6.60. The summed E-state index contributed by atoms with van der Waals surface area (Å²) < 4.78 is 5.68. The highest BCUT2D eigenvalue weighted by molar-refractivity contribution is 8.01. The number of aromatic amines is 1. The summed E-state index contributed by atoms with van der Waals surface area (Å²) in [6.07, 6.45) is 0. The first-order valence-electron chi connectivity index (χ1n) is 11.7. The zero-order chi connectivity index (χ0) is 25.8. The number of ether oxygens (including phenoxy) is 1. The van der Waals surface area contributed by atoms with E-state index in [9.17, 15) is 14.4 Å². The van der Waals surface area contributed by atoms with Crippen molar-refractivity contribution in [3.63, 3.8) is 0 Å². The Kier molecular flexibility index (Phi) is 6.43. The zero-order valence-corrected chi connectivity index (χ0v) is 22.8. The minimum absolute atomic E-state index is 0.00476. The highest BCUT2D eigenvalue weighted by atomic mass is 32.2. The van der Waals surface area contributed by atoms with E-state index < -0.39 is 17.1 Å². The fourth-order valence-corrected chi connectivity index (χ4v) is 7.74. The molecule has 1 fully saturated rings. The molecule has 2 aliphatic heterocycles. The lowest BCUT2D eigenvalue weighted by molar-refractivity contribution is -0.122. The van der Waals surface area contributed by atoms with Gasteiger partial charge in [-0.05, 0) is 59.9 Å². The number of benzene rings is 2. The van der Waals surface area contributed by atoms with Gasteiger partial charge in [0, 0.05) is 10.8 Å². The monoisotopic (exact) mass is 538 g/mol.